The number of pyridine rings is 1. The van der Waals surface area contributed by atoms with Gasteiger partial charge in [-0.2, -0.15) is 0 Å². The van der Waals surface area contributed by atoms with Gasteiger partial charge in [0.05, 0.1) is 13.2 Å². The van der Waals surface area contributed by atoms with Crippen LogP contribution in [-0.2, 0) is 0 Å². The summed E-state index contributed by atoms with van der Waals surface area (Å²) < 4.78 is 5.21. The van der Waals surface area contributed by atoms with Crippen LogP contribution in [-0.4, -0.2) is 42.9 Å². The molecule has 1 aliphatic heterocycles. The van der Waals surface area contributed by atoms with Gasteiger partial charge in [-0.25, -0.2) is 4.98 Å². The first-order valence-electron chi connectivity index (χ1n) is 8.47. The minimum Gasteiger partial charge on any atom is -0.497 e. The molecule has 2 N–H and O–H groups in total. The van der Waals surface area contributed by atoms with Gasteiger partial charge in [0.15, 0.2) is 0 Å². The Balaban J connectivity index is 1.46. The van der Waals surface area contributed by atoms with Gasteiger partial charge in [0.1, 0.15) is 11.6 Å². The van der Waals surface area contributed by atoms with Crippen molar-refractivity contribution < 1.29 is 9.84 Å². The van der Waals surface area contributed by atoms with E-state index in [1.54, 1.807) is 7.11 Å². The number of anilines is 1. The fourth-order valence-corrected chi connectivity index (χ4v) is 3.10. The second-order valence-corrected chi connectivity index (χ2v) is 6.15. The topological polar surface area (TPSA) is 57.6 Å². The Bertz CT molecular complexity index is 628. The molecule has 1 atom stereocenters. The lowest BCUT2D eigenvalue weighted by molar-refractivity contribution is 0.167. The largest absolute Gasteiger partial charge is 0.497 e. The number of benzene rings is 1. The van der Waals surface area contributed by atoms with Crippen LogP contribution >= 0.6 is 0 Å². The van der Waals surface area contributed by atoms with Gasteiger partial charge in [-0.05, 0) is 42.7 Å². The highest BCUT2D eigenvalue weighted by Gasteiger charge is 2.20. The predicted octanol–water partition coefficient (Wildman–Crippen LogP) is 2.38. The van der Waals surface area contributed by atoms with Crippen LogP contribution in [0.5, 0.6) is 5.75 Å². The Hall–Kier alpha value is -2.11. The summed E-state index contributed by atoms with van der Waals surface area (Å²) in [6.45, 7) is 2.54. The highest BCUT2D eigenvalue weighted by atomic mass is 16.5. The standard InChI is InChI=1S/C19H25N3O2/c1-24-17-6-4-5-15(13-17)18(23)14-21-16-8-11-22(12-9-16)19-7-2-3-10-20-19/h2-7,10,13,16,18,21,23H,8-9,11-12,14H2,1H3. The molecule has 0 saturated carbocycles. The maximum absolute atomic E-state index is 10.4. The monoisotopic (exact) mass is 327 g/mol. The fraction of sp³-hybridized carbons (Fsp3) is 0.421. The van der Waals surface area contributed by atoms with Crippen molar-refractivity contribution in [1.29, 1.82) is 0 Å². The molecule has 5 heteroatoms. The van der Waals surface area contributed by atoms with Crippen molar-refractivity contribution >= 4 is 5.82 Å². The number of nitrogens with zero attached hydrogens (tertiary/aromatic N) is 2. The minimum absolute atomic E-state index is 0.435. The molecule has 5 nitrogen and oxygen atoms in total. The van der Waals surface area contributed by atoms with Crippen molar-refractivity contribution in [2.24, 2.45) is 0 Å². The number of aliphatic hydroxyl groups excluding tert-OH is 1. The molecule has 0 aliphatic carbocycles. The van der Waals surface area contributed by atoms with E-state index in [9.17, 15) is 5.11 Å². The van der Waals surface area contributed by atoms with Crippen LogP contribution < -0.4 is 15.0 Å². The quantitative estimate of drug-likeness (QED) is 0.853. The maximum Gasteiger partial charge on any atom is 0.128 e. The summed E-state index contributed by atoms with van der Waals surface area (Å²) in [6.07, 6.45) is 3.43. The highest BCUT2D eigenvalue weighted by Crippen LogP contribution is 2.20. The molecule has 128 valence electrons. The number of rotatable bonds is 6. The van der Waals surface area contributed by atoms with Crippen LogP contribution in [0.2, 0.25) is 0 Å². The molecule has 2 aromatic rings. The van der Waals surface area contributed by atoms with Crippen molar-refractivity contribution in [3.05, 3.63) is 54.2 Å². The third-order valence-electron chi connectivity index (χ3n) is 4.55. The molecular weight excluding hydrogens is 302 g/mol. The number of aliphatic hydroxyl groups is 1. The van der Waals surface area contributed by atoms with Crippen LogP contribution in [0.25, 0.3) is 0 Å². The predicted molar refractivity (Wildman–Crippen MR) is 95.4 cm³/mol. The zero-order chi connectivity index (χ0) is 16.8. The van der Waals surface area contributed by atoms with Gasteiger partial charge in [0.2, 0.25) is 0 Å². The SMILES string of the molecule is COc1cccc(C(O)CNC2CCN(c3ccccn3)CC2)c1. The zero-order valence-electron chi connectivity index (χ0n) is 14.1. The smallest absolute Gasteiger partial charge is 0.128 e. The van der Waals surface area contributed by atoms with Gasteiger partial charge in [0, 0.05) is 31.9 Å². The van der Waals surface area contributed by atoms with Crippen LogP contribution in [0.3, 0.4) is 0 Å². The van der Waals surface area contributed by atoms with Crippen LogP contribution in [0.1, 0.15) is 24.5 Å². The lowest BCUT2D eigenvalue weighted by Gasteiger charge is -2.33. The van der Waals surface area contributed by atoms with E-state index in [0.29, 0.717) is 12.6 Å². The second kappa shape index (κ2) is 8.13. The van der Waals surface area contributed by atoms with E-state index < -0.39 is 6.10 Å². The number of hydrogen-bond acceptors (Lipinski definition) is 5. The van der Waals surface area contributed by atoms with Gasteiger partial charge in [-0.1, -0.05) is 18.2 Å². The molecule has 3 rings (SSSR count). The molecule has 1 aromatic carbocycles. The Labute approximate surface area is 143 Å². The number of methoxy groups -OCH3 is 1. The van der Waals surface area contributed by atoms with Crippen molar-refractivity contribution in [3.63, 3.8) is 0 Å². The first kappa shape index (κ1) is 16.7. The lowest BCUT2D eigenvalue weighted by atomic mass is 10.0. The normalized spacial score (nSPS) is 16.8. The molecule has 0 spiro atoms. The molecule has 24 heavy (non-hydrogen) atoms. The number of aromatic nitrogens is 1. The molecule has 0 bridgehead atoms. The Morgan fingerprint density at radius 2 is 2.08 bits per heavy atom. The molecule has 1 saturated heterocycles. The second-order valence-electron chi connectivity index (χ2n) is 6.15. The molecule has 1 aliphatic rings. The third kappa shape index (κ3) is 4.24. The molecule has 2 heterocycles. The molecule has 1 fully saturated rings. The molecule has 1 unspecified atom stereocenters. The van der Waals surface area contributed by atoms with Crippen molar-refractivity contribution in [2.75, 3.05) is 31.6 Å². The average Bonchev–Trinajstić information content (AvgIpc) is 2.67. The summed E-state index contributed by atoms with van der Waals surface area (Å²) in [5.41, 5.74) is 0.882. The summed E-state index contributed by atoms with van der Waals surface area (Å²) in [6, 6.07) is 14.1. The van der Waals surface area contributed by atoms with E-state index in [1.165, 1.54) is 0 Å². The molecular formula is C19H25N3O2. The summed E-state index contributed by atoms with van der Waals surface area (Å²) in [5, 5.41) is 13.9. The lowest BCUT2D eigenvalue weighted by Crippen LogP contribution is -2.43. The number of nitrogens with one attached hydrogen (secondary N) is 1. The van der Waals surface area contributed by atoms with Crippen LogP contribution in [0.15, 0.2) is 48.7 Å². The minimum atomic E-state index is -0.520. The maximum atomic E-state index is 10.4. The van der Waals surface area contributed by atoms with E-state index in [0.717, 1.165) is 43.1 Å². The molecule has 1 aromatic heterocycles. The number of hydrogen-bond donors (Lipinski definition) is 2. The summed E-state index contributed by atoms with van der Waals surface area (Å²) in [4.78, 5) is 6.73. The van der Waals surface area contributed by atoms with E-state index in [-0.39, 0.29) is 0 Å². The number of ether oxygens (including phenoxy) is 1. The van der Waals surface area contributed by atoms with Gasteiger partial charge >= 0.3 is 0 Å². The van der Waals surface area contributed by atoms with Gasteiger partial charge in [-0.15, -0.1) is 0 Å². The van der Waals surface area contributed by atoms with Crippen LogP contribution in [0.4, 0.5) is 5.82 Å². The van der Waals surface area contributed by atoms with Gasteiger partial charge < -0.3 is 20.1 Å². The van der Waals surface area contributed by atoms with E-state index in [1.807, 2.05) is 42.6 Å². The first-order chi connectivity index (χ1) is 11.8. The van der Waals surface area contributed by atoms with Crippen molar-refractivity contribution in [3.8, 4) is 5.75 Å². The Kier molecular flexibility index (Phi) is 5.67. The summed E-state index contributed by atoms with van der Waals surface area (Å²) in [7, 11) is 1.64. The fourth-order valence-electron chi connectivity index (χ4n) is 3.10. The summed E-state index contributed by atoms with van der Waals surface area (Å²) >= 11 is 0. The Morgan fingerprint density at radius 3 is 2.79 bits per heavy atom. The molecule has 0 amide bonds. The zero-order valence-corrected chi connectivity index (χ0v) is 14.1. The van der Waals surface area contributed by atoms with Crippen LogP contribution in [0, 0.1) is 0 Å². The Morgan fingerprint density at radius 1 is 1.25 bits per heavy atom. The third-order valence-corrected chi connectivity index (χ3v) is 4.55. The van der Waals surface area contributed by atoms with Crippen molar-refractivity contribution in [2.45, 2.75) is 25.0 Å². The molecule has 0 radical (unpaired) electrons. The number of piperidine rings is 1. The van der Waals surface area contributed by atoms with Crippen molar-refractivity contribution in [1.82, 2.24) is 10.3 Å². The van der Waals surface area contributed by atoms with E-state index in [4.69, 9.17) is 4.74 Å². The van der Waals surface area contributed by atoms with Gasteiger partial charge in [-0.3, -0.25) is 0 Å². The average molecular weight is 327 g/mol. The first-order valence-corrected chi connectivity index (χ1v) is 8.47. The summed E-state index contributed by atoms with van der Waals surface area (Å²) in [5.74, 6) is 1.82. The van der Waals surface area contributed by atoms with E-state index >= 15 is 0 Å². The van der Waals surface area contributed by atoms with E-state index in [2.05, 4.69) is 21.3 Å². The highest BCUT2D eigenvalue weighted by molar-refractivity contribution is 5.38. The van der Waals surface area contributed by atoms with Gasteiger partial charge in [0.25, 0.3) is 0 Å².